The van der Waals surface area contributed by atoms with Gasteiger partial charge < -0.3 is 10.6 Å². The molecular weight excluding hydrogens is 220 g/mol. The molecule has 2 N–H and O–H groups in total. The van der Waals surface area contributed by atoms with Crippen molar-refractivity contribution in [3.63, 3.8) is 0 Å². The van der Waals surface area contributed by atoms with Gasteiger partial charge in [-0.2, -0.15) is 0 Å². The van der Waals surface area contributed by atoms with E-state index in [0.29, 0.717) is 18.6 Å². The second-order valence-corrected chi connectivity index (χ2v) is 4.99. The van der Waals surface area contributed by atoms with Crippen LogP contribution in [0, 0.1) is 0 Å². The predicted molar refractivity (Wildman–Crippen MR) is 70.1 cm³/mol. The third-order valence-corrected chi connectivity index (χ3v) is 3.66. The minimum atomic E-state index is 0.395. The second-order valence-electron chi connectivity index (χ2n) is 4.55. The van der Waals surface area contributed by atoms with E-state index in [2.05, 4.69) is 24.0 Å². The van der Waals surface area contributed by atoms with Crippen molar-refractivity contribution in [2.24, 2.45) is 5.73 Å². The number of nitrogens with zero attached hydrogens (tertiary/aromatic N) is 1. The monoisotopic (exact) mass is 238 g/mol. The number of rotatable bonds is 4. The highest BCUT2D eigenvalue weighted by atomic mass is 35.5. The molecule has 88 valence electrons. The Morgan fingerprint density at radius 2 is 2.00 bits per heavy atom. The summed E-state index contributed by atoms with van der Waals surface area (Å²) in [6.07, 6.45) is 3.91. The van der Waals surface area contributed by atoms with E-state index in [0.717, 1.165) is 5.02 Å². The fourth-order valence-electron chi connectivity index (χ4n) is 2.22. The van der Waals surface area contributed by atoms with Gasteiger partial charge in [0.2, 0.25) is 0 Å². The summed E-state index contributed by atoms with van der Waals surface area (Å²) in [7, 11) is 0. The average molecular weight is 239 g/mol. The Morgan fingerprint density at radius 3 is 2.44 bits per heavy atom. The lowest BCUT2D eigenvalue weighted by molar-refractivity contribution is 0.364. The molecule has 2 nitrogen and oxygen atoms in total. The lowest BCUT2D eigenvalue weighted by atomic mass is 9.90. The van der Waals surface area contributed by atoms with Crippen molar-refractivity contribution < 1.29 is 0 Å². The van der Waals surface area contributed by atoms with Gasteiger partial charge in [0.15, 0.2) is 0 Å². The molecule has 0 spiro atoms. The van der Waals surface area contributed by atoms with Crippen LogP contribution < -0.4 is 10.6 Å². The maximum Gasteiger partial charge on any atom is 0.0407 e. The number of benzene rings is 1. The molecule has 16 heavy (non-hydrogen) atoms. The standard InChI is InChI=1S/C13H19ClN2/c1-10(9-15)16(12-3-2-4-12)13-7-5-11(14)6-8-13/h5-8,10,12H,2-4,9,15H2,1H3. The van der Waals surface area contributed by atoms with Crippen molar-refractivity contribution in [3.8, 4) is 0 Å². The van der Waals surface area contributed by atoms with Crippen LogP contribution in [0.25, 0.3) is 0 Å². The highest BCUT2D eigenvalue weighted by Crippen LogP contribution is 2.31. The summed E-state index contributed by atoms with van der Waals surface area (Å²) >= 11 is 5.91. The molecule has 0 amide bonds. The fraction of sp³-hybridized carbons (Fsp3) is 0.538. The predicted octanol–water partition coefficient (Wildman–Crippen LogP) is 3.05. The number of nitrogens with two attached hydrogens (primary N) is 1. The second kappa shape index (κ2) is 5.07. The largest absolute Gasteiger partial charge is 0.365 e. The van der Waals surface area contributed by atoms with Crippen LogP contribution in [-0.2, 0) is 0 Å². The zero-order valence-electron chi connectivity index (χ0n) is 9.70. The highest BCUT2D eigenvalue weighted by molar-refractivity contribution is 6.30. The van der Waals surface area contributed by atoms with Gasteiger partial charge in [-0.1, -0.05) is 11.6 Å². The van der Waals surface area contributed by atoms with Gasteiger partial charge >= 0.3 is 0 Å². The van der Waals surface area contributed by atoms with Crippen molar-refractivity contribution in [2.75, 3.05) is 11.4 Å². The topological polar surface area (TPSA) is 29.3 Å². The Hall–Kier alpha value is -0.730. The number of hydrogen-bond acceptors (Lipinski definition) is 2. The summed E-state index contributed by atoms with van der Waals surface area (Å²) in [5.74, 6) is 0. The first-order valence-electron chi connectivity index (χ1n) is 5.96. The van der Waals surface area contributed by atoms with Crippen LogP contribution in [0.2, 0.25) is 5.02 Å². The van der Waals surface area contributed by atoms with Crippen molar-refractivity contribution >= 4 is 17.3 Å². The molecule has 1 aliphatic rings. The lowest BCUT2D eigenvalue weighted by Gasteiger charge is -2.43. The highest BCUT2D eigenvalue weighted by Gasteiger charge is 2.28. The molecule has 1 fully saturated rings. The molecule has 1 aliphatic carbocycles. The first kappa shape index (κ1) is 11.7. The van der Waals surface area contributed by atoms with Crippen molar-refractivity contribution in [2.45, 2.75) is 38.3 Å². The van der Waals surface area contributed by atoms with Crippen LogP contribution in [0.3, 0.4) is 0 Å². The van der Waals surface area contributed by atoms with Gasteiger partial charge in [0.1, 0.15) is 0 Å². The summed E-state index contributed by atoms with van der Waals surface area (Å²) in [6, 6.07) is 9.14. The van der Waals surface area contributed by atoms with Gasteiger partial charge in [-0.05, 0) is 50.5 Å². The molecule has 0 aliphatic heterocycles. The van der Waals surface area contributed by atoms with Crippen LogP contribution in [-0.4, -0.2) is 18.6 Å². The first-order valence-corrected chi connectivity index (χ1v) is 6.34. The Balaban J connectivity index is 2.20. The average Bonchev–Trinajstić information content (AvgIpc) is 2.24. The summed E-state index contributed by atoms with van der Waals surface area (Å²) < 4.78 is 0. The summed E-state index contributed by atoms with van der Waals surface area (Å²) in [5.41, 5.74) is 7.03. The zero-order valence-corrected chi connectivity index (χ0v) is 10.5. The van der Waals surface area contributed by atoms with Gasteiger partial charge in [0, 0.05) is 29.3 Å². The summed E-state index contributed by atoms with van der Waals surface area (Å²) in [6.45, 7) is 2.88. The Kier molecular flexibility index (Phi) is 3.72. The lowest BCUT2D eigenvalue weighted by Crippen LogP contribution is -2.48. The van der Waals surface area contributed by atoms with E-state index < -0.39 is 0 Å². The minimum Gasteiger partial charge on any atom is -0.365 e. The Labute approximate surface area is 102 Å². The molecule has 1 aromatic rings. The van der Waals surface area contributed by atoms with E-state index in [4.69, 9.17) is 17.3 Å². The normalized spacial score (nSPS) is 17.9. The zero-order chi connectivity index (χ0) is 11.5. The number of anilines is 1. The van der Waals surface area contributed by atoms with Crippen LogP contribution >= 0.6 is 11.6 Å². The van der Waals surface area contributed by atoms with E-state index in [1.807, 2.05) is 12.1 Å². The minimum absolute atomic E-state index is 0.395. The Bertz CT molecular complexity index is 328. The molecule has 1 atom stereocenters. The van der Waals surface area contributed by atoms with E-state index in [-0.39, 0.29) is 0 Å². The van der Waals surface area contributed by atoms with Gasteiger partial charge in [-0.25, -0.2) is 0 Å². The van der Waals surface area contributed by atoms with E-state index in [1.165, 1.54) is 24.9 Å². The molecule has 0 saturated heterocycles. The summed E-state index contributed by atoms with van der Waals surface area (Å²) in [4.78, 5) is 2.44. The molecule has 0 aromatic heterocycles. The van der Waals surface area contributed by atoms with Crippen LogP contribution in [0.15, 0.2) is 24.3 Å². The molecule has 0 bridgehead atoms. The third-order valence-electron chi connectivity index (χ3n) is 3.41. The molecule has 1 aromatic carbocycles. The van der Waals surface area contributed by atoms with Crippen molar-refractivity contribution in [1.82, 2.24) is 0 Å². The molecule has 1 unspecified atom stereocenters. The maximum atomic E-state index is 5.91. The fourth-order valence-corrected chi connectivity index (χ4v) is 2.34. The number of halogens is 1. The quantitative estimate of drug-likeness (QED) is 0.874. The molecule has 3 heteroatoms. The van der Waals surface area contributed by atoms with E-state index in [9.17, 15) is 0 Å². The molecule has 2 rings (SSSR count). The molecular formula is C13H19ClN2. The van der Waals surface area contributed by atoms with E-state index >= 15 is 0 Å². The first-order chi connectivity index (χ1) is 7.72. The molecule has 1 saturated carbocycles. The van der Waals surface area contributed by atoms with Gasteiger partial charge in [-0.3, -0.25) is 0 Å². The van der Waals surface area contributed by atoms with Gasteiger partial charge in [-0.15, -0.1) is 0 Å². The molecule has 0 heterocycles. The van der Waals surface area contributed by atoms with Gasteiger partial charge in [0.05, 0.1) is 0 Å². The van der Waals surface area contributed by atoms with Gasteiger partial charge in [0.25, 0.3) is 0 Å². The van der Waals surface area contributed by atoms with Crippen molar-refractivity contribution in [1.29, 1.82) is 0 Å². The molecule has 0 radical (unpaired) electrons. The van der Waals surface area contributed by atoms with Crippen LogP contribution in [0.1, 0.15) is 26.2 Å². The van der Waals surface area contributed by atoms with Crippen LogP contribution in [0.5, 0.6) is 0 Å². The smallest absolute Gasteiger partial charge is 0.0407 e. The van der Waals surface area contributed by atoms with Crippen molar-refractivity contribution in [3.05, 3.63) is 29.3 Å². The van der Waals surface area contributed by atoms with E-state index in [1.54, 1.807) is 0 Å². The Morgan fingerprint density at radius 1 is 1.38 bits per heavy atom. The SMILES string of the molecule is CC(CN)N(c1ccc(Cl)cc1)C1CCC1. The van der Waals surface area contributed by atoms with Crippen LogP contribution in [0.4, 0.5) is 5.69 Å². The summed E-state index contributed by atoms with van der Waals surface area (Å²) in [5, 5.41) is 0.790. The maximum absolute atomic E-state index is 5.91. The third kappa shape index (κ3) is 2.33. The number of hydrogen-bond donors (Lipinski definition) is 1.